The number of benzene rings is 3. The molecule has 3 aromatic carbocycles. The minimum absolute atomic E-state index is 0.287. The van der Waals surface area contributed by atoms with E-state index in [1.807, 2.05) is 66.7 Å². The quantitative estimate of drug-likeness (QED) is 0.395. The third-order valence-corrected chi connectivity index (χ3v) is 5.30. The molecule has 0 aromatic heterocycles. The lowest BCUT2D eigenvalue weighted by molar-refractivity contribution is 0.0727. The smallest absolute Gasteiger partial charge is 0.193 e. The van der Waals surface area contributed by atoms with Crippen molar-refractivity contribution in [1.29, 1.82) is 0 Å². The fourth-order valence-corrected chi connectivity index (χ4v) is 3.64. The molecule has 0 heterocycles. The fourth-order valence-electron chi connectivity index (χ4n) is 3.05. The number of ketones is 1. The molecule has 0 unspecified atom stereocenters. The van der Waals surface area contributed by atoms with Crippen LogP contribution in [-0.2, 0) is 0 Å². The van der Waals surface area contributed by atoms with Gasteiger partial charge in [-0.15, -0.1) is 5.54 Å². The zero-order chi connectivity index (χ0) is 19.4. The van der Waals surface area contributed by atoms with Crippen molar-refractivity contribution in [1.82, 2.24) is 0 Å². The highest BCUT2D eigenvalue weighted by Gasteiger charge is 2.28. The second kappa shape index (κ2) is 7.92. The molecule has 2 atom stereocenters. The van der Waals surface area contributed by atoms with Gasteiger partial charge in [-0.25, -0.2) is 0 Å². The average Bonchev–Trinajstić information content (AvgIpc) is 2.67. The first-order valence-electron chi connectivity index (χ1n) is 9.14. The van der Waals surface area contributed by atoms with Gasteiger partial charge in [0.05, 0.1) is 5.92 Å². The summed E-state index contributed by atoms with van der Waals surface area (Å²) in [5.41, 5.74) is 4.72. The van der Waals surface area contributed by atoms with Crippen molar-refractivity contribution < 1.29 is 9.90 Å². The van der Waals surface area contributed by atoms with E-state index in [1.54, 1.807) is 6.07 Å². The van der Waals surface area contributed by atoms with Gasteiger partial charge in [0, 0.05) is 5.56 Å². The highest BCUT2D eigenvalue weighted by atomic mass is 28.3. The number of fused-ring (bicyclic) bond motifs is 1. The van der Waals surface area contributed by atoms with Gasteiger partial charge in [-0.2, -0.15) is 0 Å². The summed E-state index contributed by atoms with van der Waals surface area (Å²) in [6.45, 7) is 6.46. The van der Waals surface area contributed by atoms with Crippen LogP contribution in [0.25, 0.3) is 10.8 Å². The van der Waals surface area contributed by atoms with Gasteiger partial charge in [-0.3, -0.25) is 4.79 Å². The van der Waals surface area contributed by atoms with Crippen LogP contribution in [0.1, 0.15) is 21.8 Å². The molecule has 136 valence electrons. The van der Waals surface area contributed by atoms with Crippen LogP contribution in [0.2, 0.25) is 19.6 Å². The predicted molar refractivity (Wildman–Crippen MR) is 115 cm³/mol. The maximum Gasteiger partial charge on any atom is 0.193 e. The molecule has 0 saturated heterocycles. The van der Waals surface area contributed by atoms with Gasteiger partial charge in [0.2, 0.25) is 0 Å². The molecule has 0 saturated carbocycles. The van der Waals surface area contributed by atoms with E-state index in [0.29, 0.717) is 5.56 Å². The Morgan fingerprint density at radius 3 is 2.22 bits per heavy atom. The third-order valence-electron chi connectivity index (χ3n) is 4.40. The lowest BCUT2D eigenvalue weighted by atomic mass is 9.88. The lowest BCUT2D eigenvalue weighted by Crippen LogP contribution is -2.28. The molecule has 1 N–H and O–H groups in total. The normalized spacial score (nSPS) is 13.5. The number of hydrogen-bond donors (Lipinski definition) is 1. The second-order valence-corrected chi connectivity index (χ2v) is 12.5. The molecular weight excluding hydrogens is 348 g/mol. The maximum atomic E-state index is 13.2. The van der Waals surface area contributed by atoms with Gasteiger partial charge in [0.15, 0.2) is 5.78 Å². The summed E-state index contributed by atoms with van der Waals surface area (Å²) in [5.74, 6) is 2.39. The van der Waals surface area contributed by atoms with E-state index < -0.39 is 20.1 Å². The van der Waals surface area contributed by atoms with Crippen LogP contribution in [0, 0.1) is 11.5 Å². The third kappa shape index (κ3) is 4.54. The van der Waals surface area contributed by atoms with Gasteiger partial charge >= 0.3 is 0 Å². The fraction of sp³-hybridized carbons (Fsp3) is 0.208. The number of rotatable bonds is 4. The highest BCUT2D eigenvalue weighted by Crippen LogP contribution is 2.26. The summed E-state index contributed by atoms with van der Waals surface area (Å²) in [5, 5.41) is 12.8. The van der Waals surface area contributed by atoms with E-state index >= 15 is 0 Å². The Balaban J connectivity index is 2.03. The van der Waals surface area contributed by atoms with Crippen LogP contribution in [0.3, 0.4) is 0 Å². The van der Waals surface area contributed by atoms with Gasteiger partial charge in [0.1, 0.15) is 14.2 Å². The van der Waals surface area contributed by atoms with Gasteiger partial charge in [-0.05, 0) is 16.3 Å². The minimum Gasteiger partial charge on any atom is -0.383 e. The molecule has 0 fully saturated rings. The molecule has 2 nitrogen and oxygen atoms in total. The summed E-state index contributed by atoms with van der Waals surface area (Å²) in [6, 6.07) is 22.9. The molecule has 0 aliphatic rings. The van der Waals surface area contributed by atoms with E-state index in [4.69, 9.17) is 0 Å². The van der Waals surface area contributed by atoms with Crippen LogP contribution in [0.4, 0.5) is 0 Å². The van der Waals surface area contributed by atoms with Crippen molar-refractivity contribution in [2.24, 2.45) is 0 Å². The molecule has 0 radical (unpaired) electrons. The summed E-state index contributed by atoms with van der Waals surface area (Å²) in [4.78, 5) is 13.2. The Labute approximate surface area is 161 Å². The molecular formula is C24H24O2Si. The van der Waals surface area contributed by atoms with Crippen molar-refractivity contribution in [3.63, 3.8) is 0 Å². The number of aliphatic hydroxyl groups excluding tert-OH is 1. The topological polar surface area (TPSA) is 37.3 Å². The zero-order valence-corrected chi connectivity index (χ0v) is 16.9. The Morgan fingerprint density at radius 2 is 1.52 bits per heavy atom. The van der Waals surface area contributed by atoms with Crippen molar-refractivity contribution in [3.8, 4) is 11.5 Å². The molecule has 3 heteroatoms. The molecule has 0 aliphatic heterocycles. The lowest BCUT2D eigenvalue weighted by Gasteiger charge is -2.19. The molecule has 3 aromatic rings. The zero-order valence-electron chi connectivity index (χ0n) is 15.9. The van der Waals surface area contributed by atoms with Crippen LogP contribution in [0.15, 0.2) is 72.8 Å². The molecule has 0 aliphatic carbocycles. The molecule has 0 bridgehead atoms. The van der Waals surface area contributed by atoms with E-state index in [2.05, 4.69) is 31.1 Å². The summed E-state index contributed by atoms with van der Waals surface area (Å²) >= 11 is 0. The van der Waals surface area contributed by atoms with E-state index in [9.17, 15) is 9.90 Å². The van der Waals surface area contributed by atoms with Gasteiger partial charge in [0.25, 0.3) is 0 Å². The van der Waals surface area contributed by atoms with Crippen molar-refractivity contribution in [3.05, 3.63) is 83.9 Å². The summed E-state index contributed by atoms with van der Waals surface area (Å²) in [7, 11) is -1.64. The second-order valence-electron chi connectivity index (χ2n) is 7.74. The number of Topliss-reactive ketones (excluding diaryl/α,β-unsaturated/α-hetero) is 1. The van der Waals surface area contributed by atoms with Crippen molar-refractivity contribution in [2.45, 2.75) is 31.7 Å². The Morgan fingerprint density at radius 1 is 0.889 bits per heavy atom. The summed E-state index contributed by atoms with van der Waals surface area (Å²) < 4.78 is 0. The van der Waals surface area contributed by atoms with Crippen molar-refractivity contribution in [2.75, 3.05) is 0 Å². The average molecular weight is 373 g/mol. The number of hydrogen-bond acceptors (Lipinski definition) is 2. The molecule has 0 amide bonds. The maximum absolute atomic E-state index is 13.2. The minimum atomic E-state index is -1.64. The first-order chi connectivity index (χ1) is 12.9. The van der Waals surface area contributed by atoms with Gasteiger partial charge in [-0.1, -0.05) is 98.4 Å². The Kier molecular flexibility index (Phi) is 5.60. The van der Waals surface area contributed by atoms with E-state index in [0.717, 1.165) is 16.3 Å². The summed E-state index contributed by atoms with van der Waals surface area (Å²) in [6.07, 6.45) is -1.21. The Hall–Kier alpha value is -2.67. The largest absolute Gasteiger partial charge is 0.383 e. The standard InChI is InChI=1S/C24H24O2Si/c1-27(2,3)17-16-21(19-10-5-4-6-11-19)23(25)24(26)22-15-9-13-18-12-7-8-14-20(18)22/h4-15,21,23,25H,1-3H3/t21-,23+/m1/s1. The number of carbonyl (C=O) groups is 1. The molecule has 27 heavy (non-hydrogen) atoms. The highest BCUT2D eigenvalue weighted by molar-refractivity contribution is 6.83. The van der Waals surface area contributed by atoms with E-state index in [-0.39, 0.29) is 5.78 Å². The number of carbonyl (C=O) groups excluding carboxylic acids is 1. The Bertz CT molecular complexity index is 1000. The van der Waals surface area contributed by atoms with Crippen molar-refractivity contribution >= 4 is 24.6 Å². The monoisotopic (exact) mass is 372 g/mol. The van der Waals surface area contributed by atoms with Gasteiger partial charge < -0.3 is 5.11 Å². The first kappa shape index (κ1) is 19.1. The molecule has 0 spiro atoms. The van der Waals surface area contributed by atoms with Crippen LogP contribution in [0.5, 0.6) is 0 Å². The first-order valence-corrected chi connectivity index (χ1v) is 12.6. The van der Waals surface area contributed by atoms with Crippen LogP contribution in [-0.4, -0.2) is 25.1 Å². The predicted octanol–water partition coefficient (Wildman–Crippen LogP) is 5.05. The van der Waals surface area contributed by atoms with E-state index in [1.165, 1.54) is 0 Å². The van der Waals surface area contributed by atoms with Crippen LogP contribution < -0.4 is 0 Å². The SMILES string of the molecule is C[Si](C)(C)C#C[C@H](c1ccccc1)[C@H](O)C(=O)c1cccc2ccccc12. The number of aliphatic hydroxyl groups is 1. The van der Waals surface area contributed by atoms with Crippen LogP contribution >= 0.6 is 0 Å². The molecule has 3 rings (SSSR count).